The summed E-state index contributed by atoms with van der Waals surface area (Å²) in [6.07, 6.45) is 0. The van der Waals surface area contributed by atoms with Crippen LogP contribution in [0.2, 0.25) is 5.02 Å². The van der Waals surface area contributed by atoms with Crippen LogP contribution in [0.4, 0.5) is 5.69 Å². The summed E-state index contributed by atoms with van der Waals surface area (Å²) in [5, 5.41) is 15.4. The summed E-state index contributed by atoms with van der Waals surface area (Å²) >= 11 is 10.8. The van der Waals surface area contributed by atoms with Crippen LogP contribution in [0.3, 0.4) is 0 Å². The van der Waals surface area contributed by atoms with Gasteiger partial charge < -0.3 is 15.7 Å². The number of phenols is 1. The van der Waals surface area contributed by atoms with Gasteiger partial charge in [-0.15, -0.1) is 0 Å². The molecule has 0 radical (unpaired) electrons. The summed E-state index contributed by atoms with van der Waals surface area (Å²) in [4.78, 5) is 11.7. The molecule has 0 bridgehead atoms. The molecule has 0 aliphatic carbocycles. The molecule has 0 saturated heterocycles. The molecule has 0 aromatic heterocycles. The zero-order valence-electron chi connectivity index (χ0n) is 10.4. The van der Waals surface area contributed by atoms with Crippen molar-refractivity contribution in [3.63, 3.8) is 0 Å². The highest BCUT2D eigenvalue weighted by Gasteiger charge is 2.22. The number of benzene rings is 1. The van der Waals surface area contributed by atoms with E-state index in [1.54, 1.807) is 26.8 Å². The lowest BCUT2D eigenvalue weighted by Crippen LogP contribution is -2.41. The van der Waals surface area contributed by atoms with Gasteiger partial charge in [0.1, 0.15) is 5.75 Å². The molecule has 0 atom stereocenters. The minimum atomic E-state index is -0.540. The molecule has 3 N–H and O–H groups in total. The van der Waals surface area contributed by atoms with Crippen LogP contribution >= 0.6 is 23.8 Å². The minimum absolute atomic E-state index is 0.00626. The third-order valence-electron chi connectivity index (χ3n) is 2.12. The zero-order chi connectivity index (χ0) is 13.9. The topological polar surface area (TPSA) is 61.4 Å². The van der Waals surface area contributed by atoms with E-state index < -0.39 is 5.41 Å². The Morgan fingerprint density at radius 2 is 2.00 bits per heavy atom. The zero-order valence-corrected chi connectivity index (χ0v) is 11.9. The summed E-state index contributed by atoms with van der Waals surface area (Å²) in [6.45, 7) is 5.34. The molecule has 0 fully saturated rings. The first-order valence-electron chi connectivity index (χ1n) is 5.31. The van der Waals surface area contributed by atoms with Crippen molar-refractivity contribution in [2.45, 2.75) is 20.8 Å². The van der Waals surface area contributed by atoms with E-state index in [1.807, 2.05) is 0 Å². The number of anilines is 1. The lowest BCUT2D eigenvalue weighted by Gasteiger charge is -2.18. The van der Waals surface area contributed by atoms with Gasteiger partial charge in [0.15, 0.2) is 5.11 Å². The molecule has 18 heavy (non-hydrogen) atoms. The molecule has 0 spiro atoms. The maximum Gasteiger partial charge on any atom is 0.231 e. The Balaban J connectivity index is 2.71. The first kappa shape index (κ1) is 14.7. The lowest BCUT2D eigenvalue weighted by atomic mass is 9.96. The third kappa shape index (κ3) is 4.16. The number of nitrogens with one attached hydrogen (secondary N) is 2. The van der Waals surface area contributed by atoms with Crippen molar-refractivity contribution in [2.75, 3.05) is 5.32 Å². The van der Waals surface area contributed by atoms with Gasteiger partial charge in [-0.05, 0) is 30.4 Å². The molecular formula is C12H15ClN2O2S. The first-order valence-corrected chi connectivity index (χ1v) is 6.10. The number of aromatic hydroxyl groups is 1. The smallest absolute Gasteiger partial charge is 0.231 e. The van der Waals surface area contributed by atoms with Crippen molar-refractivity contribution < 1.29 is 9.90 Å². The maximum atomic E-state index is 11.7. The second-order valence-corrected chi connectivity index (χ2v) is 5.66. The Hall–Kier alpha value is -1.33. The predicted octanol–water partition coefficient (Wildman–Crippen LogP) is 2.90. The predicted molar refractivity (Wildman–Crippen MR) is 76.9 cm³/mol. The van der Waals surface area contributed by atoms with Gasteiger partial charge in [0.05, 0.1) is 5.69 Å². The molecule has 1 aromatic rings. The molecule has 4 nitrogen and oxygen atoms in total. The maximum absolute atomic E-state index is 11.7. The third-order valence-corrected chi connectivity index (χ3v) is 2.55. The van der Waals surface area contributed by atoms with Crippen LogP contribution in [0, 0.1) is 5.41 Å². The van der Waals surface area contributed by atoms with Gasteiger partial charge >= 0.3 is 0 Å². The monoisotopic (exact) mass is 286 g/mol. The van der Waals surface area contributed by atoms with Gasteiger partial charge in [-0.3, -0.25) is 4.79 Å². The van der Waals surface area contributed by atoms with Crippen molar-refractivity contribution in [3.8, 4) is 5.75 Å². The van der Waals surface area contributed by atoms with Gasteiger partial charge in [0, 0.05) is 10.4 Å². The van der Waals surface area contributed by atoms with Crippen LogP contribution in [0.25, 0.3) is 0 Å². The van der Waals surface area contributed by atoms with E-state index in [2.05, 4.69) is 10.6 Å². The summed E-state index contributed by atoms with van der Waals surface area (Å²) in [5.41, 5.74) is -0.191. The highest BCUT2D eigenvalue weighted by Crippen LogP contribution is 2.26. The van der Waals surface area contributed by atoms with Gasteiger partial charge in [0.25, 0.3) is 0 Å². The summed E-state index contributed by atoms with van der Waals surface area (Å²) < 4.78 is 0. The van der Waals surface area contributed by atoms with E-state index in [1.165, 1.54) is 12.1 Å². The number of carbonyl (C=O) groups is 1. The Morgan fingerprint density at radius 1 is 1.39 bits per heavy atom. The quantitative estimate of drug-likeness (QED) is 0.549. The number of hydrogen-bond acceptors (Lipinski definition) is 3. The summed E-state index contributed by atoms with van der Waals surface area (Å²) in [5.74, 6) is -0.201. The normalized spacial score (nSPS) is 10.9. The van der Waals surface area contributed by atoms with Crippen LogP contribution in [0.15, 0.2) is 18.2 Å². The van der Waals surface area contributed by atoms with Crippen molar-refractivity contribution in [2.24, 2.45) is 5.41 Å². The van der Waals surface area contributed by atoms with E-state index in [0.717, 1.165) is 0 Å². The SMILES string of the molecule is CC(C)(C)C(=O)NC(=S)Nc1cc(Cl)ccc1O. The number of thiocarbonyl (C=S) groups is 1. The van der Waals surface area contributed by atoms with Crippen LogP contribution in [0.5, 0.6) is 5.75 Å². The Labute approximate surface area is 116 Å². The van der Waals surface area contributed by atoms with E-state index in [4.69, 9.17) is 23.8 Å². The number of rotatable bonds is 1. The van der Waals surface area contributed by atoms with E-state index in [9.17, 15) is 9.90 Å². The number of amides is 1. The molecule has 1 amide bonds. The molecule has 6 heteroatoms. The number of phenolic OH excluding ortho intramolecular Hbond substituents is 1. The number of carbonyl (C=O) groups excluding carboxylic acids is 1. The van der Waals surface area contributed by atoms with Crippen molar-refractivity contribution in [1.82, 2.24) is 5.32 Å². The highest BCUT2D eigenvalue weighted by atomic mass is 35.5. The molecule has 0 unspecified atom stereocenters. The molecule has 0 heterocycles. The van der Waals surface area contributed by atoms with Gasteiger partial charge in [-0.1, -0.05) is 32.4 Å². The van der Waals surface area contributed by atoms with E-state index in [-0.39, 0.29) is 16.8 Å². The fourth-order valence-electron chi connectivity index (χ4n) is 1.05. The molecule has 1 rings (SSSR count). The minimum Gasteiger partial charge on any atom is -0.506 e. The van der Waals surface area contributed by atoms with Crippen LogP contribution < -0.4 is 10.6 Å². The fourth-order valence-corrected chi connectivity index (χ4v) is 1.43. The highest BCUT2D eigenvalue weighted by molar-refractivity contribution is 7.80. The largest absolute Gasteiger partial charge is 0.506 e. The van der Waals surface area contributed by atoms with Crippen LogP contribution in [-0.2, 0) is 4.79 Å². The van der Waals surface area contributed by atoms with E-state index in [0.29, 0.717) is 10.7 Å². The Bertz CT molecular complexity index is 483. The Morgan fingerprint density at radius 3 is 2.56 bits per heavy atom. The summed E-state index contributed by atoms with van der Waals surface area (Å²) in [6, 6.07) is 4.52. The average molecular weight is 287 g/mol. The molecule has 98 valence electrons. The van der Waals surface area contributed by atoms with Crippen molar-refractivity contribution in [1.29, 1.82) is 0 Å². The Kier molecular flexibility index (Phi) is 4.53. The standard InChI is InChI=1S/C12H15ClN2O2S/c1-12(2,3)10(17)15-11(18)14-8-6-7(13)4-5-9(8)16/h4-6,16H,1-3H3,(H2,14,15,17,18). The molecule has 0 aliphatic heterocycles. The molecule has 1 aromatic carbocycles. The second kappa shape index (κ2) is 5.54. The van der Waals surface area contributed by atoms with Gasteiger partial charge in [-0.2, -0.15) is 0 Å². The molecule has 0 aliphatic rings. The van der Waals surface area contributed by atoms with Crippen molar-refractivity contribution in [3.05, 3.63) is 23.2 Å². The average Bonchev–Trinajstić information content (AvgIpc) is 2.22. The van der Waals surface area contributed by atoms with Crippen molar-refractivity contribution >= 4 is 40.5 Å². The molecular weight excluding hydrogens is 272 g/mol. The fraction of sp³-hybridized carbons (Fsp3) is 0.333. The number of halogens is 1. The van der Waals surface area contributed by atoms with Gasteiger partial charge in [-0.25, -0.2) is 0 Å². The molecule has 0 saturated carbocycles. The lowest BCUT2D eigenvalue weighted by molar-refractivity contribution is -0.126. The van der Waals surface area contributed by atoms with E-state index >= 15 is 0 Å². The summed E-state index contributed by atoms with van der Waals surface area (Å²) in [7, 11) is 0. The first-order chi connectivity index (χ1) is 8.20. The van der Waals surface area contributed by atoms with Crippen LogP contribution in [0.1, 0.15) is 20.8 Å². The van der Waals surface area contributed by atoms with Gasteiger partial charge in [0.2, 0.25) is 5.91 Å². The van der Waals surface area contributed by atoms with Crippen LogP contribution in [-0.4, -0.2) is 16.1 Å². The second-order valence-electron chi connectivity index (χ2n) is 4.82. The number of hydrogen-bond donors (Lipinski definition) is 3.